The highest BCUT2D eigenvalue weighted by atomic mass is 16.5. The molecule has 0 radical (unpaired) electrons. The van der Waals surface area contributed by atoms with Crippen molar-refractivity contribution in [3.8, 4) is 28.9 Å². The van der Waals surface area contributed by atoms with E-state index < -0.39 is 0 Å². The number of hydrogen-bond acceptors (Lipinski definition) is 10. The minimum atomic E-state index is -0.0175. The number of aromatic amines is 1. The Labute approximate surface area is 273 Å². The van der Waals surface area contributed by atoms with Crippen molar-refractivity contribution < 1.29 is 25.2 Å². The third-order valence-corrected chi connectivity index (χ3v) is 6.60. The highest BCUT2D eigenvalue weighted by Gasteiger charge is 2.16. The quantitative estimate of drug-likeness (QED) is 0.0730. The summed E-state index contributed by atoms with van der Waals surface area (Å²) < 4.78 is 5.74. The van der Waals surface area contributed by atoms with Gasteiger partial charge < -0.3 is 58.4 Å². The molecular weight excluding hydrogens is 596 g/mol. The molecule has 0 bridgehead atoms. The van der Waals surface area contributed by atoms with Crippen molar-refractivity contribution in [2.24, 2.45) is 0 Å². The monoisotopic (exact) mass is 638 g/mol. The molecule has 0 atom stereocenters. The van der Waals surface area contributed by atoms with Crippen molar-refractivity contribution in [3.05, 3.63) is 120 Å². The van der Waals surface area contributed by atoms with Crippen LogP contribution >= 0.6 is 0 Å². The standard InChI is InChI=1S/C15H14N2O2.C9H13NO2.C6H8N2.C6H7NO/c1-9-7-8-11-12(13(9)16)14(15(18)17-11)19-10-5-3-2-4-6-10;1-7-2-3-8(6-9(7)12)10-4-5-11;7-5-1-2-6(8)4-3-5;7-5-1-3-6(8)4-2-5/h2-8,17-18H,16H2,1H3;2-3,6,10-12H,4-5H2,1H3;1-4H,7-8H2;1-4,8H,7H2. The fourth-order valence-corrected chi connectivity index (χ4v) is 3.97. The molecule has 1 aromatic heterocycles. The van der Waals surface area contributed by atoms with Gasteiger partial charge in [0.05, 0.1) is 17.5 Å². The summed E-state index contributed by atoms with van der Waals surface area (Å²) in [5.41, 5.74) is 28.3. The molecule has 1 heterocycles. The number of nitrogen functional groups attached to an aromatic ring is 4. The maximum atomic E-state index is 9.97. The molecule has 0 spiro atoms. The van der Waals surface area contributed by atoms with Gasteiger partial charge in [-0.15, -0.1) is 0 Å². The normalized spacial score (nSPS) is 9.94. The van der Waals surface area contributed by atoms with Crippen molar-refractivity contribution in [1.82, 2.24) is 4.98 Å². The summed E-state index contributed by atoms with van der Waals surface area (Å²) >= 11 is 0. The topological polar surface area (TPSA) is 222 Å². The van der Waals surface area contributed by atoms with E-state index in [1.165, 1.54) is 0 Å². The molecule has 246 valence electrons. The molecular formula is C36H42N6O5. The van der Waals surface area contributed by atoms with E-state index in [1.807, 2.05) is 68.4 Å². The lowest BCUT2D eigenvalue weighted by molar-refractivity contribution is 0.311. The van der Waals surface area contributed by atoms with Crippen LogP contribution in [-0.4, -0.2) is 38.6 Å². The second kappa shape index (κ2) is 17.3. The molecule has 0 fully saturated rings. The van der Waals surface area contributed by atoms with Crippen LogP contribution in [0.15, 0.2) is 109 Å². The SMILES string of the molecule is Cc1ccc(NCCO)cc1O.Cc1ccc2[nH]c(O)c(Oc3ccccc3)c2c1N.Nc1ccc(N)cc1.Nc1ccc(O)cc1. The molecule has 0 aliphatic rings. The van der Waals surface area contributed by atoms with Crippen molar-refractivity contribution in [2.45, 2.75) is 13.8 Å². The fourth-order valence-electron chi connectivity index (χ4n) is 3.97. The minimum Gasteiger partial charge on any atom is -0.508 e. The van der Waals surface area contributed by atoms with E-state index in [9.17, 15) is 10.2 Å². The molecule has 5 aromatic carbocycles. The number of aliphatic hydroxyl groups is 1. The average Bonchev–Trinajstić information content (AvgIpc) is 3.38. The first-order valence-electron chi connectivity index (χ1n) is 14.6. The molecule has 0 unspecified atom stereocenters. The second-order valence-electron chi connectivity index (χ2n) is 10.3. The molecule has 0 aliphatic heterocycles. The molecule has 14 N–H and O–H groups in total. The molecule has 6 aromatic rings. The number of phenols is 2. The molecule has 6 rings (SSSR count). The van der Waals surface area contributed by atoms with Crippen LogP contribution in [0.2, 0.25) is 0 Å². The van der Waals surface area contributed by atoms with Gasteiger partial charge in [-0.25, -0.2) is 0 Å². The summed E-state index contributed by atoms with van der Waals surface area (Å²) in [5, 5.41) is 40.2. The van der Waals surface area contributed by atoms with E-state index in [0.29, 0.717) is 34.8 Å². The first-order chi connectivity index (χ1) is 22.5. The maximum absolute atomic E-state index is 9.97. The predicted octanol–water partition coefficient (Wildman–Crippen LogP) is 6.49. The lowest BCUT2D eigenvalue weighted by Crippen LogP contribution is -2.04. The summed E-state index contributed by atoms with van der Waals surface area (Å²) in [6.07, 6.45) is 0. The lowest BCUT2D eigenvalue weighted by Gasteiger charge is -2.07. The third kappa shape index (κ3) is 11.0. The summed E-state index contributed by atoms with van der Waals surface area (Å²) in [6.45, 7) is 4.35. The van der Waals surface area contributed by atoms with Crippen LogP contribution in [0, 0.1) is 13.8 Å². The van der Waals surface area contributed by atoms with Crippen LogP contribution in [0.25, 0.3) is 10.9 Å². The summed E-state index contributed by atoms with van der Waals surface area (Å²) in [6, 6.07) is 31.9. The van der Waals surface area contributed by atoms with Crippen molar-refractivity contribution in [1.29, 1.82) is 0 Å². The zero-order valence-electron chi connectivity index (χ0n) is 26.3. The Morgan fingerprint density at radius 3 is 1.77 bits per heavy atom. The van der Waals surface area contributed by atoms with Gasteiger partial charge in [0.25, 0.3) is 0 Å². The molecule has 0 saturated carbocycles. The number of aliphatic hydroxyl groups excluding tert-OH is 1. The maximum Gasteiger partial charge on any atom is 0.233 e. The Kier molecular flexibility index (Phi) is 13.0. The van der Waals surface area contributed by atoms with Crippen molar-refractivity contribution >= 4 is 39.3 Å². The molecule has 0 aliphatic carbocycles. The van der Waals surface area contributed by atoms with E-state index in [1.54, 1.807) is 54.6 Å². The molecule has 47 heavy (non-hydrogen) atoms. The minimum absolute atomic E-state index is 0.0175. The Balaban J connectivity index is 0.000000184. The fraction of sp³-hybridized carbons (Fsp3) is 0.111. The molecule has 0 saturated heterocycles. The smallest absolute Gasteiger partial charge is 0.233 e. The summed E-state index contributed by atoms with van der Waals surface area (Å²) in [4.78, 5) is 2.87. The number of nitrogens with one attached hydrogen (secondary N) is 2. The van der Waals surface area contributed by atoms with Crippen molar-refractivity contribution in [2.75, 3.05) is 41.4 Å². The van der Waals surface area contributed by atoms with Gasteiger partial charge in [0.2, 0.25) is 5.88 Å². The van der Waals surface area contributed by atoms with Gasteiger partial charge in [0, 0.05) is 41.0 Å². The first-order valence-corrected chi connectivity index (χ1v) is 14.6. The van der Waals surface area contributed by atoms with E-state index >= 15 is 0 Å². The highest BCUT2D eigenvalue weighted by molar-refractivity contribution is 6.00. The zero-order chi connectivity index (χ0) is 34.3. The van der Waals surface area contributed by atoms with Gasteiger partial charge in [-0.1, -0.05) is 30.3 Å². The van der Waals surface area contributed by atoms with E-state index in [4.69, 9.17) is 37.9 Å². The van der Waals surface area contributed by atoms with Gasteiger partial charge in [-0.2, -0.15) is 0 Å². The number of hydrogen-bond donors (Lipinski definition) is 10. The summed E-state index contributed by atoms with van der Waals surface area (Å²) in [5.74, 6) is 1.52. The lowest BCUT2D eigenvalue weighted by atomic mass is 10.1. The van der Waals surface area contributed by atoms with Gasteiger partial charge in [-0.3, -0.25) is 0 Å². The van der Waals surface area contributed by atoms with Crippen LogP contribution < -0.4 is 33.0 Å². The Morgan fingerprint density at radius 1 is 0.681 bits per heavy atom. The number of H-pyrrole nitrogens is 1. The number of aryl methyl sites for hydroxylation is 2. The number of para-hydroxylation sites is 1. The van der Waals surface area contributed by atoms with Crippen molar-refractivity contribution in [3.63, 3.8) is 0 Å². The van der Waals surface area contributed by atoms with Gasteiger partial charge in [0.1, 0.15) is 17.2 Å². The molecule has 11 heteroatoms. The number of phenolic OH excluding ortho intramolecular Hbond substituents is 2. The molecule has 11 nitrogen and oxygen atoms in total. The van der Waals surface area contributed by atoms with E-state index in [0.717, 1.165) is 33.7 Å². The van der Waals surface area contributed by atoms with Crippen LogP contribution in [0.5, 0.6) is 28.9 Å². The highest BCUT2D eigenvalue weighted by Crippen LogP contribution is 2.42. The second-order valence-corrected chi connectivity index (χ2v) is 10.3. The van der Waals surface area contributed by atoms with Crippen LogP contribution in [0.4, 0.5) is 28.4 Å². The number of aromatic hydroxyl groups is 3. The Hall–Kier alpha value is -6.20. The Bertz CT molecular complexity index is 1740. The Morgan fingerprint density at radius 2 is 1.23 bits per heavy atom. The third-order valence-electron chi connectivity index (χ3n) is 6.60. The zero-order valence-corrected chi connectivity index (χ0v) is 26.3. The van der Waals surface area contributed by atoms with Crippen LogP contribution in [0.1, 0.15) is 11.1 Å². The van der Waals surface area contributed by atoms with E-state index in [2.05, 4.69) is 10.3 Å². The summed E-state index contributed by atoms with van der Waals surface area (Å²) in [7, 11) is 0. The van der Waals surface area contributed by atoms with Gasteiger partial charge in [-0.05, 0) is 97.8 Å². The average molecular weight is 639 g/mol. The number of nitrogens with two attached hydrogens (primary N) is 4. The predicted molar refractivity (Wildman–Crippen MR) is 192 cm³/mol. The first kappa shape index (κ1) is 35.3. The number of rotatable bonds is 5. The number of ether oxygens (including phenoxy) is 1. The number of anilines is 5. The number of aromatic nitrogens is 1. The molecule has 0 amide bonds. The van der Waals surface area contributed by atoms with E-state index in [-0.39, 0.29) is 24.0 Å². The number of benzene rings is 5. The van der Waals surface area contributed by atoms with Crippen LogP contribution in [0.3, 0.4) is 0 Å². The van der Waals surface area contributed by atoms with Gasteiger partial charge >= 0.3 is 0 Å². The largest absolute Gasteiger partial charge is 0.508 e. The number of fused-ring (bicyclic) bond motifs is 1. The van der Waals surface area contributed by atoms with Crippen LogP contribution in [-0.2, 0) is 0 Å². The van der Waals surface area contributed by atoms with Gasteiger partial charge in [0.15, 0.2) is 5.75 Å².